The number of carbonyl (C=O) groups excluding carboxylic acids is 1. The molecule has 0 saturated heterocycles. The van der Waals surface area contributed by atoms with Crippen molar-refractivity contribution in [1.82, 2.24) is 0 Å². The molecule has 0 spiro atoms. The summed E-state index contributed by atoms with van der Waals surface area (Å²) in [5.41, 5.74) is 1.31. The molecule has 0 amide bonds. The van der Waals surface area contributed by atoms with Gasteiger partial charge in [0, 0.05) is 0 Å². The topological polar surface area (TPSA) is 104 Å². The lowest BCUT2D eigenvalue weighted by molar-refractivity contribution is -0.143. The van der Waals surface area contributed by atoms with Crippen molar-refractivity contribution in [2.24, 2.45) is 35.5 Å². The second-order valence-electron chi connectivity index (χ2n) is 9.42. The summed E-state index contributed by atoms with van der Waals surface area (Å²) < 4.78 is 4.56. The second kappa shape index (κ2) is 11.1. The fraction of sp³-hybridized carbons (Fsp3) is 0.750. The number of carboxylic acid groups (broad SMARTS) is 1. The summed E-state index contributed by atoms with van der Waals surface area (Å²) in [6.07, 6.45) is 8.18. The predicted octanol–water partition coefficient (Wildman–Crippen LogP) is 3.57. The Balaban J connectivity index is 2.05. The standard InChI is InChI=1S/C24H38O6/c1-14-9-17-6-5-15(2)21(23(17)18(10-14)11-16(3)24(28)29)8-7-19(25)12-20(26)13-22(27)30-4/h5-6,9,14-16,18-21,23,25-26H,7-8,10-13H2,1-4H3,(H,28,29)/t14-,15-,16+,18+,19+,20+,21-,23+/m0/s1. The molecular formula is C24H38O6. The van der Waals surface area contributed by atoms with Crippen LogP contribution in [0.15, 0.2) is 23.8 Å². The van der Waals surface area contributed by atoms with E-state index in [1.54, 1.807) is 6.92 Å². The Kier molecular flexibility index (Phi) is 9.10. The number of rotatable bonds is 10. The van der Waals surface area contributed by atoms with Gasteiger partial charge in [-0.15, -0.1) is 0 Å². The maximum atomic E-state index is 11.5. The average Bonchev–Trinajstić information content (AvgIpc) is 2.66. The number of carboxylic acids is 1. The van der Waals surface area contributed by atoms with E-state index in [2.05, 4.69) is 36.8 Å². The number of aliphatic carboxylic acids is 1. The zero-order valence-electron chi connectivity index (χ0n) is 18.7. The Hall–Kier alpha value is -1.66. The lowest BCUT2D eigenvalue weighted by atomic mass is 9.60. The fourth-order valence-electron chi connectivity index (χ4n) is 5.32. The van der Waals surface area contributed by atoms with E-state index in [1.165, 1.54) is 12.7 Å². The van der Waals surface area contributed by atoms with E-state index in [1.807, 2.05) is 0 Å². The molecule has 6 nitrogen and oxygen atoms in total. The normalized spacial score (nSPS) is 31.3. The Morgan fingerprint density at radius 2 is 1.93 bits per heavy atom. The largest absolute Gasteiger partial charge is 0.481 e. The number of aliphatic hydroxyl groups is 2. The predicted molar refractivity (Wildman–Crippen MR) is 115 cm³/mol. The number of ether oxygens (including phenoxy) is 1. The number of hydrogen-bond donors (Lipinski definition) is 3. The van der Waals surface area contributed by atoms with Gasteiger partial charge < -0.3 is 20.1 Å². The molecular weight excluding hydrogens is 384 g/mol. The first-order chi connectivity index (χ1) is 14.1. The van der Waals surface area contributed by atoms with E-state index in [9.17, 15) is 24.9 Å². The Bertz CT molecular complexity index is 654. The van der Waals surface area contributed by atoms with Gasteiger partial charge in [0.05, 0.1) is 31.7 Å². The van der Waals surface area contributed by atoms with Crippen LogP contribution in [0, 0.1) is 35.5 Å². The molecule has 0 aromatic heterocycles. The zero-order valence-corrected chi connectivity index (χ0v) is 18.7. The summed E-state index contributed by atoms with van der Waals surface area (Å²) in [5.74, 6) is 0.109. The van der Waals surface area contributed by atoms with Gasteiger partial charge in [-0.25, -0.2) is 0 Å². The summed E-state index contributed by atoms with van der Waals surface area (Å²) in [6.45, 7) is 6.16. The smallest absolute Gasteiger partial charge is 0.308 e. The molecule has 30 heavy (non-hydrogen) atoms. The lowest BCUT2D eigenvalue weighted by Crippen LogP contribution is -2.37. The van der Waals surface area contributed by atoms with Gasteiger partial charge in [0.25, 0.3) is 0 Å². The molecule has 170 valence electrons. The summed E-state index contributed by atoms with van der Waals surface area (Å²) in [7, 11) is 1.28. The Morgan fingerprint density at radius 3 is 2.57 bits per heavy atom. The van der Waals surface area contributed by atoms with Gasteiger partial charge in [0.2, 0.25) is 0 Å². The minimum Gasteiger partial charge on any atom is -0.481 e. The van der Waals surface area contributed by atoms with Crippen molar-refractivity contribution in [3.63, 3.8) is 0 Å². The molecule has 6 heteroatoms. The van der Waals surface area contributed by atoms with Crippen LogP contribution in [-0.2, 0) is 14.3 Å². The highest BCUT2D eigenvalue weighted by molar-refractivity contribution is 5.69. The van der Waals surface area contributed by atoms with Crippen LogP contribution in [-0.4, -0.2) is 46.6 Å². The first-order valence-corrected chi connectivity index (χ1v) is 11.2. The van der Waals surface area contributed by atoms with Crippen molar-refractivity contribution in [3.05, 3.63) is 23.8 Å². The highest BCUT2D eigenvalue weighted by Crippen LogP contribution is 2.48. The van der Waals surface area contributed by atoms with E-state index < -0.39 is 24.1 Å². The van der Waals surface area contributed by atoms with Crippen LogP contribution in [0.1, 0.15) is 59.3 Å². The summed E-state index contributed by atoms with van der Waals surface area (Å²) in [5, 5.41) is 29.8. The molecule has 0 radical (unpaired) electrons. The highest BCUT2D eigenvalue weighted by Gasteiger charge is 2.40. The van der Waals surface area contributed by atoms with E-state index in [4.69, 9.17) is 0 Å². The van der Waals surface area contributed by atoms with Gasteiger partial charge in [-0.1, -0.05) is 39.0 Å². The molecule has 3 N–H and O–H groups in total. The van der Waals surface area contributed by atoms with Crippen molar-refractivity contribution in [2.75, 3.05) is 7.11 Å². The Morgan fingerprint density at radius 1 is 1.23 bits per heavy atom. The molecule has 2 rings (SSSR count). The van der Waals surface area contributed by atoms with Crippen LogP contribution in [0.4, 0.5) is 0 Å². The Labute approximate surface area is 180 Å². The summed E-state index contributed by atoms with van der Waals surface area (Å²) >= 11 is 0. The monoisotopic (exact) mass is 422 g/mol. The third kappa shape index (κ3) is 6.67. The molecule has 0 fully saturated rings. The zero-order chi connectivity index (χ0) is 22.4. The molecule has 0 aromatic carbocycles. The summed E-state index contributed by atoms with van der Waals surface area (Å²) in [6, 6.07) is 0. The van der Waals surface area contributed by atoms with Crippen LogP contribution in [0.25, 0.3) is 0 Å². The molecule has 0 aliphatic heterocycles. The molecule has 0 heterocycles. The molecule has 0 unspecified atom stereocenters. The lowest BCUT2D eigenvalue weighted by Gasteiger charge is -2.44. The van der Waals surface area contributed by atoms with Gasteiger partial charge in [-0.2, -0.15) is 0 Å². The number of esters is 1. The van der Waals surface area contributed by atoms with Crippen molar-refractivity contribution >= 4 is 11.9 Å². The fourth-order valence-corrected chi connectivity index (χ4v) is 5.32. The van der Waals surface area contributed by atoms with E-state index in [0.717, 1.165) is 12.8 Å². The second-order valence-corrected chi connectivity index (χ2v) is 9.42. The van der Waals surface area contributed by atoms with Crippen molar-refractivity contribution in [3.8, 4) is 0 Å². The molecule has 0 aromatic rings. The van der Waals surface area contributed by atoms with Gasteiger partial charge >= 0.3 is 11.9 Å². The van der Waals surface area contributed by atoms with Gasteiger partial charge in [0.15, 0.2) is 0 Å². The van der Waals surface area contributed by atoms with Gasteiger partial charge in [-0.3, -0.25) is 9.59 Å². The van der Waals surface area contributed by atoms with Crippen LogP contribution in [0.3, 0.4) is 0 Å². The quantitative estimate of drug-likeness (QED) is 0.465. The van der Waals surface area contributed by atoms with Crippen LogP contribution >= 0.6 is 0 Å². The average molecular weight is 423 g/mol. The third-order valence-electron chi connectivity index (χ3n) is 6.86. The van der Waals surface area contributed by atoms with E-state index >= 15 is 0 Å². The summed E-state index contributed by atoms with van der Waals surface area (Å²) in [4.78, 5) is 22.7. The van der Waals surface area contributed by atoms with Crippen molar-refractivity contribution < 1.29 is 29.6 Å². The van der Waals surface area contributed by atoms with Crippen LogP contribution in [0.2, 0.25) is 0 Å². The number of allylic oxidation sites excluding steroid dienone is 4. The number of fused-ring (bicyclic) bond motifs is 1. The molecule has 8 atom stereocenters. The maximum Gasteiger partial charge on any atom is 0.308 e. The first-order valence-electron chi connectivity index (χ1n) is 11.2. The minimum atomic E-state index is -0.911. The maximum absolute atomic E-state index is 11.5. The minimum absolute atomic E-state index is 0.112. The van der Waals surface area contributed by atoms with Crippen LogP contribution in [0.5, 0.6) is 0 Å². The number of hydrogen-bond acceptors (Lipinski definition) is 5. The highest BCUT2D eigenvalue weighted by atomic mass is 16.5. The molecule has 0 bridgehead atoms. The van der Waals surface area contributed by atoms with E-state index in [-0.39, 0.29) is 18.8 Å². The number of methoxy groups -OCH3 is 1. The number of carbonyl (C=O) groups is 2. The molecule has 2 aliphatic rings. The van der Waals surface area contributed by atoms with Gasteiger partial charge in [0.1, 0.15) is 0 Å². The molecule has 2 aliphatic carbocycles. The van der Waals surface area contributed by atoms with Crippen LogP contribution < -0.4 is 0 Å². The van der Waals surface area contributed by atoms with Crippen molar-refractivity contribution in [2.45, 2.75) is 71.5 Å². The SMILES string of the molecule is COC(=O)C[C@H](O)C[C@H](O)CC[C@@H]1[C@@H]2C(=C[C@H](C)C[C@@H]2C[C@@H](C)C(=O)O)C=C[C@@H]1C. The van der Waals surface area contributed by atoms with Crippen molar-refractivity contribution in [1.29, 1.82) is 0 Å². The molecule has 0 saturated carbocycles. The first kappa shape index (κ1) is 24.6. The van der Waals surface area contributed by atoms with E-state index in [0.29, 0.717) is 42.4 Å². The third-order valence-corrected chi connectivity index (χ3v) is 6.86. The van der Waals surface area contributed by atoms with Gasteiger partial charge in [-0.05, 0) is 67.3 Å². The number of aliphatic hydroxyl groups excluding tert-OH is 2.